The van der Waals surface area contributed by atoms with Crippen LogP contribution in [-0.2, 0) is 0 Å². The summed E-state index contributed by atoms with van der Waals surface area (Å²) >= 11 is 6.22. The molecule has 76 valence electrons. The monoisotopic (exact) mass is 209 g/mol. The Hall–Kier alpha value is -0.530. The third kappa shape index (κ3) is 2.10. The fraction of sp³-hybridized carbons (Fsp3) is 0.500. The van der Waals surface area contributed by atoms with Crippen molar-refractivity contribution in [2.45, 2.75) is 32.2 Å². The van der Waals surface area contributed by atoms with Crippen molar-refractivity contribution in [1.82, 2.24) is 5.32 Å². The second kappa shape index (κ2) is 4.33. The van der Waals surface area contributed by atoms with E-state index in [-0.39, 0.29) is 0 Å². The maximum atomic E-state index is 6.22. The lowest BCUT2D eigenvalue weighted by Gasteiger charge is -2.24. The molecule has 0 spiro atoms. The van der Waals surface area contributed by atoms with Crippen molar-refractivity contribution < 1.29 is 0 Å². The first-order chi connectivity index (χ1) is 6.77. The SMILES string of the molecule is Cc1ccc(C2CCCCN2)c(Cl)c1. The normalized spacial score (nSPS) is 22.3. The van der Waals surface area contributed by atoms with Gasteiger partial charge >= 0.3 is 0 Å². The van der Waals surface area contributed by atoms with Gasteiger partial charge in [0.05, 0.1) is 0 Å². The van der Waals surface area contributed by atoms with E-state index < -0.39 is 0 Å². The maximum Gasteiger partial charge on any atom is 0.0456 e. The van der Waals surface area contributed by atoms with Gasteiger partial charge in [0.15, 0.2) is 0 Å². The van der Waals surface area contributed by atoms with Gasteiger partial charge in [-0.15, -0.1) is 0 Å². The summed E-state index contributed by atoms with van der Waals surface area (Å²) in [5.74, 6) is 0. The Morgan fingerprint density at radius 1 is 1.36 bits per heavy atom. The minimum atomic E-state index is 0.469. The molecule has 1 aliphatic heterocycles. The molecule has 1 fully saturated rings. The Kier molecular flexibility index (Phi) is 3.09. The van der Waals surface area contributed by atoms with Crippen LogP contribution in [0, 0.1) is 6.92 Å². The number of piperidine rings is 1. The average molecular weight is 210 g/mol. The van der Waals surface area contributed by atoms with E-state index in [2.05, 4.69) is 24.4 Å². The van der Waals surface area contributed by atoms with E-state index in [1.165, 1.54) is 30.4 Å². The summed E-state index contributed by atoms with van der Waals surface area (Å²) in [5.41, 5.74) is 2.49. The van der Waals surface area contributed by atoms with E-state index in [1.807, 2.05) is 6.07 Å². The second-order valence-corrected chi connectivity index (χ2v) is 4.43. The van der Waals surface area contributed by atoms with E-state index >= 15 is 0 Å². The number of benzene rings is 1. The van der Waals surface area contributed by atoms with Gasteiger partial charge in [0.1, 0.15) is 0 Å². The molecular formula is C12H16ClN. The quantitative estimate of drug-likeness (QED) is 0.747. The van der Waals surface area contributed by atoms with Gasteiger partial charge in [-0.3, -0.25) is 0 Å². The first kappa shape index (κ1) is 10.0. The standard InChI is InChI=1S/C12H16ClN/c1-9-5-6-10(11(13)8-9)12-4-2-3-7-14-12/h5-6,8,12,14H,2-4,7H2,1H3. The molecule has 0 saturated carbocycles. The molecule has 2 rings (SSSR count). The zero-order chi connectivity index (χ0) is 9.97. The van der Waals surface area contributed by atoms with Crippen molar-refractivity contribution in [3.8, 4) is 0 Å². The van der Waals surface area contributed by atoms with Gasteiger partial charge in [-0.1, -0.05) is 30.2 Å². The van der Waals surface area contributed by atoms with Crippen LogP contribution in [0.15, 0.2) is 18.2 Å². The number of aryl methyl sites for hydroxylation is 1. The van der Waals surface area contributed by atoms with Crippen LogP contribution in [-0.4, -0.2) is 6.54 Å². The molecule has 0 aromatic heterocycles. The van der Waals surface area contributed by atoms with Crippen molar-refractivity contribution in [1.29, 1.82) is 0 Å². The summed E-state index contributed by atoms with van der Waals surface area (Å²) in [6, 6.07) is 6.81. The molecule has 0 aliphatic carbocycles. The first-order valence-electron chi connectivity index (χ1n) is 5.27. The summed E-state index contributed by atoms with van der Waals surface area (Å²) in [4.78, 5) is 0. The molecule has 0 radical (unpaired) electrons. The summed E-state index contributed by atoms with van der Waals surface area (Å²) < 4.78 is 0. The van der Waals surface area contributed by atoms with Crippen molar-refractivity contribution in [3.05, 3.63) is 34.3 Å². The van der Waals surface area contributed by atoms with E-state index in [1.54, 1.807) is 0 Å². The summed E-state index contributed by atoms with van der Waals surface area (Å²) in [7, 11) is 0. The predicted octanol–water partition coefficient (Wildman–Crippen LogP) is 3.46. The Balaban J connectivity index is 2.22. The van der Waals surface area contributed by atoms with Crippen LogP contribution >= 0.6 is 11.6 Å². The third-order valence-corrected chi connectivity index (χ3v) is 3.17. The minimum absolute atomic E-state index is 0.469. The first-order valence-corrected chi connectivity index (χ1v) is 5.64. The minimum Gasteiger partial charge on any atom is -0.310 e. The van der Waals surface area contributed by atoms with Crippen molar-refractivity contribution in [3.63, 3.8) is 0 Å². The van der Waals surface area contributed by atoms with Gasteiger partial charge in [0.2, 0.25) is 0 Å². The van der Waals surface area contributed by atoms with E-state index in [9.17, 15) is 0 Å². The third-order valence-electron chi connectivity index (χ3n) is 2.84. The Morgan fingerprint density at radius 3 is 2.86 bits per heavy atom. The molecule has 1 unspecified atom stereocenters. The van der Waals surface area contributed by atoms with Crippen LogP contribution in [0.2, 0.25) is 5.02 Å². The van der Waals surface area contributed by atoms with Gasteiger partial charge in [-0.05, 0) is 43.5 Å². The maximum absolute atomic E-state index is 6.22. The largest absolute Gasteiger partial charge is 0.310 e. The highest BCUT2D eigenvalue weighted by Crippen LogP contribution is 2.29. The molecule has 0 amide bonds. The lowest BCUT2D eigenvalue weighted by atomic mass is 9.97. The Labute approximate surface area is 90.5 Å². The highest BCUT2D eigenvalue weighted by atomic mass is 35.5. The zero-order valence-corrected chi connectivity index (χ0v) is 9.27. The van der Waals surface area contributed by atoms with Crippen LogP contribution in [0.25, 0.3) is 0 Å². The molecule has 1 aromatic rings. The average Bonchev–Trinajstić information content (AvgIpc) is 2.19. The number of nitrogens with one attached hydrogen (secondary N) is 1. The highest BCUT2D eigenvalue weighted by Gasteiger charge is 2.16. The molecular weight excluding hydrogens is 194 g/mol. The molecule has 1 nitrogen and oxygen atoms in total. The second-order valence-electron chi connectivity index (χ2n) is 4.03. The number of halogens is 1. The highest BCUT2D eigenvalue weighted by molar-refractivity contribution is 6.31. The van der Waals surface area contributed by atoms with Crippen molar-refractivity contribution >= 4 is 11.6 Å². The molecule has 1 atom stereocenters. The molecule has 0 bridgehead atoms. The molecule has 1 saturated heterocycles. The van der Waals surface area contributed by atoms with Crippen LogP contribution in [0.3, 0.4) is 0 Å². The fourth-order valence-electron chi connectivity index (χ4n) is 2.03. The van der Waals surface area contributed by atoms with Crippen LogP contribution in [0.5, 0.6) is 0 Å². The van der Waals surface area contributed by atoms with Gasteiger partial charge in [-0.2, -0.15) is 0 Å². The Bertz CT molecular complexity index is 316. The molecule has 1 heterocycles. The van der Waals surface area contributed by atoms with Crippen molar-refractivity contribution in [2.75, 3.05) is 6.54 Å². The predicted molar refractivity (Wildman–Crippen MR) is 60.8 cm³/mol. The van der Waals surface area contributed by atoms with Gasteiger partial charge in [0.25, 0.3) is 0 Å². The fourth-order valence-corrected chi connectivity index (χ4v) is 2.40. The zero-order valence-electron chi connectivity index (χ0n) is 8.52. The van der Waals surface area contributed by atoms with E-state index in [0.717, 1.165) is 11.6 Å². The Morgan fingerprint density at radius 2 is 2.21 bits per heavy atom. The number of hydrogen-bond acceptors (Lipinski definition) is 1. The number of rotatable bonds is 1. The van der Waals surface area contributed by atoms with Gasteiger partial charge in [0, 0.05) is 11.1 Å². The summed E-state index contributed by atoms with van der Waals surface area (Å²) in [6.45, 7) is 3.19. The van der Waals surface area contributed by atoms with Gasteiger partial charge < -0.3 is 5.32 Å². The van der Waals surface area contributed by atoms with Crippen LogP contribution in [0.4, 0.5) is 0 Å². The van der Waals surface area contributed by atoms with Gasteiger partial charge in [-0.25, -0.2) is 0 Å². The molecule has 1 N–H and O–H groups in total. The number of hydrogen-bond donors (Lipinski definition) is 1. The van der Waals surface area contributed by atoms with E-state index in [4.69, 9.17) is 11.6 Å². The van der Waals surface area contributed by atoms with Crippen LogP contribution in [0.1, 0.15) is 36.4 Å². The molecule has 1 aromatic carbocycles. The topological polar surface area (TPSA) is 12.0 Å². The van der Waals surface area contributed by atoms with Crippen LogP contribution < -0.4 is 5.32 Å². The molecule has 14 heavy (non-hydrogen) atoms. The lowest BCUT2D eigenvalue weighted by Crippen LogP contribution is -2.26. The molecule has 1 aliphatic rings. The lowest BCUT2D eigenvalue weighted by molar-refractivity contribution is 0.412. The molecule has 2 heteroatoms. The van der Waals surface area contributed by atoms with E-state index in [0.29, 0.717) is 6.04 Å². The van der Waals surface area contributed by atoms with Crippen molar-refractivity contribution in [2.24, 2.45) is 0 Å². The smallest absolute Gasteiger partial charge is 0.0456 e. The summed E-state index contributed by atoms with van der Waals surface area (Å²) in [6.07, 6.45) is 3.81. The summed E-state index contributed by atoms with van der Waals surface area (Å²) in [5, 5.41) is 4.42.